The molecule has 0 aliphatic carbocycles. The lowest BCUT2D eigenvalue weighted by Gasteiger charge is -2.15. The van der Waals surface area contributed by atoms with Crippen LogP contribution in [0.4, 0.5) is 5.69 Å². The molecule has 2 amide bonds. The van der Waals surface area contributed by atoms with Crippen LogP contribution in [0.5, 0.6) is 0 Å². The van der Waals surface area contributed by atoms with E-state index in [1.807, 2.05) is 13.0 Å². The second kappa shape index (κ2) is 9.09. The van der Waals surface area contributed by atoms with Gasteiger partial charge in [-0.05, 0) is 43.2 Å². The highest BCUT2D eigenvalue weighted by atomic mass is 16.5. The summed E-state index contributed by atoms with van der Waals surface area (Å²) < 4.78 is 5.24. The number of hydrogen-bond donors (Lipinski definition) is 1. The zero-order valence-electron chi connectivity index (χ0n) is 16.7. The molecule has 0 unspecified atom stereocenters. The molecule has 2 heterocycles. The molecule has 3 rings (SSSR count). The maximum Gasteiger partial charge on any atom is 0.253 e. The molecule has 0 aliphatic rings. The highest BCUT2D eigenvalue weighted by Gasteiger charge is 2.15. The molecular weight excluding hydrogens is 370 g/mol. The number of anilines is 1. The molecule has 0 atom stereocenters. The van der Waals surface area contributed by atoms with Crippen LogP contribution in [0.2, 0.25) is 0 Å². The minimum atomic E-state index is -0.130. The summed E-state index contributed by atoms with van der Waals surface area (Å²) in [6.45, 7) is 1.82. The molecule has 0 bridgehead atoms. The monoisotopic (exact) mass is 393 g/mol. The third kappa shape index (κ3) is 5.04. The van der Waals surface area contributed by atoms with Crippen LogP contribution in [-0.2, 0) is 11.2 Å². The summed E-state index contributed by atoms with van der Waals surface area (Å²) >= 11 is 0. The van der Waals surface area contributed by atoms with E-state index in [2.05, 4.69) is 20.4 Å². The van der Waals surface area contributed by atoms with Gasteiger partial charge in [-0.3, -0.25) is 14.6 Å². The predicted molar refractivity (Wildman–Crippen MR) is 108 cm³/mol. The molecule has 29 heavy (non-hydrogen) atoms. The van der Waals surface area contributed by atoms with Crippen molar-refractivity contribution >= 4 is 17.5 Å². The van der Waals surface area contributed by atoms with Gasteiger partial charge in [-0.15, -0.1) is 0 Å². The molecule has 150 valence electrons. The molecular formula is C21H23N5O3. The Morgan fingerprint density at radius 2 is 2.00 bits per heavy atom. The standard InChI is InChI=1S/C21H23N5O3/c1-14-16(21(28)26(2)3)8-4-9-17(14)23-18(27)10-5-11-19-24-20(25-29-19)15-7-6-12-22-13-15/h4,6-9,12-13H,5,10-11H2,1-3H3,(H,23,27). The zero-order valence-corrected chi connectivity index (χ0v) is 16.7. The smallest absolute Gasteiger partial charge is 0.253 e. The second-order valence-corrected chi connectivity index (χ2v) is 6.83. The van der Waals surface area contributed by atoms with Gasteiger partial charge in [-0.2, -0.15) is 4.98 Å². The number of rotatable bonds is 7. The van der Waals surface area contributed by atoms with Crippen molar-refractivity contribution in [1.29, 1.82) is 0 Å². The highest BCUT2D eigenvalue weighted by Crippen LogP contribution is 2.20. The van der Waals surface area contributed by atoms with Gasteiger partial charge in [0.25, 0.3) is 5.91 Å². The van der Waals surface area contributed by atoms with Gasteiger partial charge < -0.3 is 14.7 Å². The first kappa shape index (κ1) is 20.2. The number of carbonyl (C=O) groups excluding carboxylic acids is 2. The summed E-state index contributed by atoms with van der Waals surface area (Å²) in [5.41, 5.74) is 2.74. The first-order valence-electron chi connectivity index (χ1n) is 9.30. The van der Waals surface area contributed by atoms with Gasteiger partial charge >= 0.3 is 0 Å². The number of aromatic nitrogens is 3. The molecule has 1 aromatic carbocycles. The summed E-state index contributed by atoms with van der Waals surface area (Å²) in [5, 5.41) is 6.82. The van der Waals surface area contributed by atoms with Crippen LogP contribution in [0, 0.1) is 6.92 Å². The average Bonchev–Trinajstić information content (AvgIpc) is 3.18. The predicted octanol–water partition coefficient (Wildman–Crippen LogP) is 3.10. The van der Waals surface area contributed by atoms with Gasteiger partial charge in [-0.25, -0.2) is 0 Å². The fourth-order valence-corrected chi connectivity index (χ4v) is 2.83. The topological polar surface area (TPSA) is 101 Å². The molecule has 0 fully saturated rings. The summed E-state index contributed by atoms with van der Waals surface area (Å²) in [4.78, 5) is 34.4. The number of nitrogens with one attached hydrogen (secondary N) is 1. The van der Waals surface area contributed by atoms with Crippen LogP contribution in [-0.4, -0.2) is 45.9 Å². The van der Waals surface area contributed by atoms with E-state index in [9.17, 15) is 9.59 Å². The van der Waals surface area contributed by atoms with Crippen LogP contribution in [0.3, 0.4) is 0 Å². The Morgan fingerprint density at radius 1 is 1.17 bits per heavy atom. The number of benzene rings is 1. The Hall–Kier alpha value is -3.55. The van der Waals surface area contributed by atoms with Gasteiger partial charge in [0.05, 0.1) is 0 Å². The molecule has 8 nitrogen and oxygen atoms in total. The van der Waals surface area contributed by atoms with E-state index >= 15 is 0 Å². The van der Waals surface area contributed by atoms with Crippen molar-refractivity contribution < 1.29 is 14.1 Å². The highest BCUT2D eigenvalue weighted by molar-refractivity contribution is 5.99. The normalized spacial score (nSPS) is 10.6. The van der Waals surface area contributed by atoms with Crippen LogP contribution >= 0.6 is 0 Å². The van der Waals surface area contributed by atoms with Crippen molar-refractivity contribution in [1.82, 2.24) is 20.0 Å². The Balaban J connectivity index is 1.54. The maximum absolute atomic E-state index is 12.3. The lowest BCUT2D eigenvalue weighted by atomic mass is 10.1. The first-order valence-corrected chi connectivity index (χ1v) is 9.30. The number of pyridine rings is 1. The van der Waals surface area contributed by atoms with Crippen molar-refractivity contribution in [2.75, 3.05) is 19.4 Å². The van der Waals surface area contributed by atoms with Crippen molar-refractivity contribution in [2.45, 2.75) is 26.2 Å². The quantitative estimate of drug-likeness (QED) is 0.662. The summed E-state index contributed by atoms with van der Waals surface area (Å²) in [6.07, 6.45) is 4.71. The van der Waals surface area contributed by atoms with E-state index in [-0.39, 0.29) is 11.8 Å². The number of amides is 2. The van der Waals surface area contributed by atoms with Gasteiger partial charge in [0.15, 0.2) is 0 Å². The van der Waals surface area contributed by atoms with Crippen LogP contribution in [0.25, 0.3) is 11.4 Å². The van der Waals surface area contributed by atoms with Crippen LogP contribution in [0.1, 0.15) is 34.7 Å². The van der Waals surface area contributed by atoms with Crippen molar-refractivity contribution in [3.63, 3.8) is 0 Å². The average molecular weight is 393 g/mol. The lowest BCUT2D eigenvalue weighted by molar-refractivity contribution is -0.116. The number of nitrogens with zero attached hydrogens (tertiary/aromatic N) is 4. The zero-order chi connectivity index (χ0) is 20.8. The van der Waals surface area contributed by atoms with E-state index in [1.54, 1.807) is 50.8 Å². The van der Waals surface area contributed by atoms with Crippen LogP contribution < -0.4 is 5.32 Å². The number of hydrogen-bond acceptors (Lipinski definition) is 6. The fraction of sp³-hybridized carbons (Fsp3) is 0.286. The van der Waals surface area contributed by atoms with E-state index in [0.717, 1.165) is 11.1 Å². The largest absolute Gasteiger partial charge is 0.345 e. The van der Waals surface area contributed by atoms with Gasteiger partial charge in [0.1, 0.15) is 0 Å². The van der Waals surface area contributed by atoms with Gasteiger partial charge in [-0.1, -0.05) is 11.2 Å². The molecule has 0 saturated carbocycles. The van der Waals surface area contributed by atoms with E-state index in [1.165, 1.54) is 4.90 Å². The van der Waals surface area contributed by atoms with E-state index in [4.69, 9.17) is 4.52 Å². The third-order valence-electron chi connectivity index (χ3n) is 4.43. The summed E-state index contributed by atoms with van der Waals surface area (Å²) in [6, 6.07) is 8.96. The van der Waals surface area contributed by atoms with Gasteiger partial charge in [0.2, 0.25) is 17.6 Å². The van der Waals surface area contributed by atoms with Crippen molar-refractivity contribution in [2.24, 2.45) is 0 Å². The summed E-state index contributed by atoms with van der Waals surface area (Å²) in [5.74, 6) is 0.732. The van der Waals surface area contributed by atoms with E-state index in [0.29, 0.717) is 42.2 Å². The molecule has 2 aromatic heterocycles. The first-order chi connectivity index (χ1) is 14.0. The molecule has 3 aromatic rings. The molecule has 8 heteroatoms. The maximum atomic E-state index is 12.3. The minimum absolute atomic E-state index is 0.0978. The fourth-order valence-electron chi connectivity index (χ4n) is 2.83. The number of aryl methyl sites for hydroxylation is 1. The Bertz CT molecular complexity index is 999. The second-order valence-electron chi connectivity index (χ2n) is 6.83. The van der Waals surface area contributed by atoms with Gasteiger partial charge in [0, 0.05) is 56.1 Å². The summed E-state index contributed by atoms with van der Waals surface area (Å²) in [7, 11) is 3.40. The Morgan fingerprint density at radius 3 is 2.72 bits per heavy atom. The van der Waals surface area contributed by atoms with Crippen molar-refractivity contribution in [3.8, 4) is 11.4 Å². The molecule has 1 N–H and O–H groups in total. The molecule has 0 saturated heterocycles. The molecule has 0 spiro atoms. The molecule has 0 aliphatic heterocycles. The molecule has 0 radical (unpaired) electrons. The SMILES string of the molecule is Cc1c(NC(=O)CCCc2nc(-c3cccnc3)no2)cccc1C(=O)N(C)C. The van der Waals surface area contributed by atoms with Crippen LogP contribution in [0.15, 0.2) is 47.2 Å². The number of carbonyl (C=O) groups is 2. The minimum Gasteiger partial charge on any atom is -0.345 e. The third-order valence-corrected chi connectivity index (χ3v) is 4.43. The Labute approximate surface area is 169 Å². The Kier molecular flexibility index (Phi) is 6.33. The lowest BCUT2D eigenvalue weighted by Crippen LogP contribution is -2.23. The van der Waals surface area contributed by atoms with E-state index < -0.39 is 0 Å². The van der Waals surface area contributed by atoms with Crippen molar-refractivity contribution in [3.05, 3.63) is 59.7 Å².